The minimum atomic E-state index is -4.00. The van der Waals surface area contributed by atoms with Gasteiger partial charge in [-0.3, -0.25) is 9.56 Å². The number of hydrogen-bond acceptors (Lipinski definition) is 9. The molecule has 0 saturated heterocycles. The van der Waals surface area contributed by atoms with Crippen LogP contribution in [0.25, 0.3) is 6.08 Å². The van der Waals surface area contributed by atoms with Crippen molar-refractivity contribution in [2.75, 3.05) is 38.2 Å². The van der Waals surface area contributed by atoms with Gasteiger partial charge in [-0.25, -0.2) is 8.42 Å². The molecule has 0 aromatic heterocycles. The molecular weight excluding hydrogens is 540 g/mol. The molecule has 0 aliphatic heterocycles. The number of hydroxylamine groups is 1. The Labute approximate surface area is 236 Å². The highest BCUT2D eigenvalue weighted by Crippen LogP contribution is 2.36. The first kappa shape index (κ1) is 32.4. The average Bonchev–Trinajstić information content (AvgIpc) is 2.87. The number of sulfonamides is 1. The van der Waals surface area contributed by atoms with E-state index in [4.69, 9.17) is 34.4 Å². The quantitative estimate of drug-likeness (QED) is 0.218. The number of nitrogens with one attached hydrogen (secondary N) is 1. The van der Waals surface area contributed by atoms with Crippen LogP contribution in [-0.2, 0) is 19.7 Å². The fourth-order valence-corrected chi connectivity index (χ4v) is 4.02. The smallest absolute Gasteiger partial charge is 0.262 e. The lowest BCUT2D eigenvalue weighted by molar-refractivity contribution is -0.0144. The van der Waals surface area contributed by atoms with Gasteiger partial charge in [0.25, 0.3) is 16.0 Å². The van der Waals surface area contributed by atoms with Crippen molar-refractivity contribution in [1.29, 1.82) is 0 Å². The standard InChI is InChI=1S/C27H40N4O8S/c1-26(2,3)38-29-25(28)31(39-27(4,5)6)21-15-18(11-12-22(21)35-8)30-40(32,33)14-13-20-23(36-9)16-19(34-7)17-24(20)37-10/h11-17,30H,1-10H3,(H2,28,29). The van der Waals surface area contributed by atoms with Gasteiger partial charge in [-0.15, -0.1) is 0 Å². The van der Waals surface area contributed by atoms with E-state index in [0.717, 1.165) is 5.41 Å². The second-order valence-corrected chi connectivity index (χ2v) is 12.0. The Morgan fingerprint density at radius 2 is 1.45 bits per heavy atom. The minimum absolute atomic E-state index is 0.123. The van der Waals surface area contributed by atoms with Crippen LogP contribution in [0.4, 0.5) is 11.4 Å². The van der Waals surface area contributed by atoms with Gasteiger partial charge in [0, 0.05) is 12.1 Å². The lowest BCUT2D eigenvalue weighted by atomic mass is 10.1. The molecule has 0 atom stereocenters. The van der Waals surface area contributed by atoms with E-state index < -0.39 is 21.2 Å². The number of ether oxygens (including phenoxy) is 4. The highest BCUT2D eigenvalue weighted by molar-refractivity contribution is 7.95. The first-order valence-corrected chi connectivity index (χ1v) is 13.8. The number of guanidine groups is 1. The van der Waals surface area contributed by atoms with Gasteiger partial charge in [-0.05, 0) is 71.0 Å². The number of hydrogen-bond donors (Lipinski definition) is 2. The molecule has 0 heterocycles. The average molecular weight is 581 g/mol. The van der Waals surface area contributed by atoms with Crippen molar-refractivity contribution >= 4 is 33.4 Å². The summed E-state index contributed by atoms with van der Waals surface area (Å²) >= 11 is 0. The van der Waals surface area contributed by atoms with E-state index in [1.807, 2.05) is 41.5 Å². The van der Waals surface area contributed by atoms with Crippen molar-refractivity contribution in [2.24, 2.45) is 10.9 Å². The van der Waals surface area contributed by atoms with Crippen molar-refractivity contribution in [2.45, 2.75) is 52.7 Å². The third-order valence-corrected chi connectivity index (χ3v) is 5.83. The van der Waals surface area contributed by atoms with E-state index in [9.17, 15) is 8.42 Å². The molecule has 0 fully saturated rings. The van der Waals surface area contributed by atoms with E-state index in [0.29, 0.717) is 34.2 Å². The molecule has 0 radical (unpaired) electrons. The van der Waals surface area contributed by atoms with Gasteiger partial charge < -0.3 is 29.5 Å². The Kier molecular flexibility index (Phi) is 10.5. The van der Waals surface area contributed by atoms with Crippen LogP contribution in [0.2, 0.25) is 0 Å². The molecule has 2 rings (SSSR count). The van der Waals surface area contributed by atoms with Crippen LogP contribution in [0.5, 0.6) is 23.0 Å². The number of nitrogens with two attached hydrogens (primary N) is 1. The summed E-state index contributed by atoms with van der Waals surface area (Å²) in [6, 6.07) is 7.86. The summed E-state index contributed by atoms with van der Waals surface area (Å²) in [6.45, 7) is 10.9. The number of oxime groups is 1. The largest absolute Gasteiger partial charge is 0.496 e. The van der Waals surface area contributed by atoms with E-state index in [-0.39, 0.29) is 11.6 Å². The van der Waals surface area contributed by atoms with E-state index >= 15 is 0 Å². The van der Waals surface area contributed by atoms with Crippen LogP contribution in [-0.4, -0.2) is 54.0 Å². The van der Waals surface area contributed by atoms with E-state index in [2.05, 4.69) is 9.88 Å². The van der Waals surface area contributed by atoms with Crippen LogP contribution >= 0.6 is 0 Å². The normalized spacial score (nSPS) is 12.7. The molecule has 0 amide bonds. The van der Waals surface area contributed by atoms with Crippen LogP contribution in [0, 0.1) is 0 Å². The maximum Gasteiger partial charge on any atom is 0.262 e. The number of methoxy groups -OCH3 is 4. The van der Waals surface area contributed by atoms with Gasteiger partial charge in [0.1, 0.15) is 34.3 Å². The Balaban J connectivity index is 2.49. The van der Waals surface area contributed by atoms with Crippen molar-refractivity contribution in [1.82, 2.24) is 0 Å². The van der Waals surface area contributed by atoms with Gasteiger partial charge >= 0.3 is 0 Å². The van der Waals surface area contributed by atoms with Crippen molar-refractivity contribution in [3.63, 3.8) is 0 Å². The van der Waals surface area contributed by atoms with Crippen molar-refractivity contribution in [3.05, 3.63) is 41.3 Å². The molecule has 0 aliphatic rings. The van der Waals surface area contributed by atoms with Crippen LogP contribution in [0.15, 0.2) is 40.9 Å². The highest BCUT2D eigenvalue weighted by Gasteiger charge is 2.26. The molecule has 0 aliphatic carbocycles. The Morgan fingerprint density at radius 3 is 1.93 bits per heavy atom. The first-order valence-electron chi connectivity index (χ1n) is 12.2. The zero-order valence-corrected chi connectivity index (χ0v) is 25.5. The van der Waals surface area contributed by atoms with Gasteiger partial charge in [0.15, 0.2) is 0 Å². The second kappa shape index (κ2) is 13.0. The highest BCUT2D eigenvalue weighted by atomic mass is 32.2. The summed E-state index contributed by atoms with van der Waals surface area (Å²) in [7, 11) is 1.89. The number of nitrogens with zero attached hydrogens (tertiary/aromatic N) is 2. The van der Waals surface area contributed by atoms with E-state index in [1.165, 1.54) is 51.7 Å². The van der Waals surface area contributed by atoms with Crippen LogP contribution in [0.1, 0.15) is 47.1 Å². The zero-order chi connectivity index (χ0) is 30.3. The molecule has 2 aromatic rings. The summed E-state index contributed by atoms with van der Waals surface area (Å²) < 4.78 is 50.2. The first-order chi connectivity index (χ1) is 18.5. The lowest BCUT2D eigenvalue weighted by Crippen LogP contribution is -2.43. The Hall–Kier alpha value is -3.84. The monoisotopic (exact) mass is 580 g/mol. The fraction of sp³-hybridized carbons (Fsp3) is 0.444. The zero-order valence-electron chi connectivity index (χ0n) is 24.7. The van der Waals surface area contributed by atoms with Gasteiger partial charge in [0.2, 0.25) is 0 Å². The molecule has 40 heavy (non-hydrogen) atoms. The summed E-state index contributed by atoms with van der Waals surface area (Å²) in [5, 5.41) is 6.23. The van der Waals surface area contributed by atoms with E-state index in [1.54, 1.807) is 18.2 Å². The summed E-state index contributed by atoms with van der Waals surface area (Å²) in [5.41, 5.74) is 5.84. The molecule has 13 heteroatoms. The molecule has 0 saturated carbocycles. The number of anilines is 2. The summed E-state index contributed by atoms with van der Waals surface area (Å²) in [5.74, 6) is 1.47. The number of rotatable bonds is 11. The summed E-state index contributed by atoms with van der Waals surface area (Å²) in [4.78, 5) is 11.5. The van der Waals surface area contributed by atoms with Crippen molar-refractivity contribution < 1.29 is 37.0 Å². The third-order valence-electron chi connectivity index (χ3n) is 4.81. The van der Waals surface area contributed by atoms with Crippen LogP contribution in [0.3, 0.4) is 0 Å². The predicted octanol–water partition coefficient (Wildman–Crippen LogP) is 4.71. The van der Waals surface area contributed by atoms with Crippen molar-refractivity contribution in [3.8, 4) is 23.0 Å². The van der Waals surface area contributed by atoms with Gasteiger partial charge in [-0.2, -0.15) is 5.06 Å². The summed E-state index contributed by atoms with van der Waals surface area (Å²) in [6.07, 6.45) is 1.37. The predicted molar refractivity (Wildman–Crippen MR) is 156 cm³/mol. The molecule has 0 spiro atoms. The van der Waals surface area contributed by atoms with Crippen LogP contribution < -0.4 is 34.5 Å². The molecule has 0 bridgehead atoms. The molecular formula is C27H40N4O8S. The molecule has 12 nitrogen and oxygen atoms in total. The second-order valence-electron chi connectivity index (χ2n) is 10.4. The maximum atomic E-state index is 13.1. The minimum Gasteiger partial charge on any atom is -0.496 e. The molecule has 3 N–H and O–H groups in total. The molecule has 222 valence electrons. The van der Waals surface area contributed by atoms with Gasteiger partial charge in [-0.1, -0.05) is 0 Å². The van der Waals surface area contributed by atoms with Gasteiger partial charge in [0.05, 0.1) is 50.7 Å². The fourth-order valence-electron chi connectivity index (χ4n) is 3.18. The lowest BCUT2D eigenvalue weighted by Gasteiger charge is -2.31. The SMILES string of the molecule is COc1cc(OC)c(C=CS(=O)(=O)Nc2ccc(OC)c(N(OC(C)(C)C)C(N)=NOC(C)(C)C)c2)c(OC)c1. The number of benzene rings is 2. The third kappa shape index (κ3) is 9.42. The molecule has 0 unspecified atom stereocenters. The Bertz CT molecular complexity index is 1300. The Morgan fingerprint density at radius 1 is 0.875 bits per heavy atom. The topological polar surface area (TPSA) is 143 Å². The maximum absolute atomic E-state index is 13.1. The molecule has 2 aromatic carbocycles.